The minimum absolute atomic E-state index is 0. The van der Waals surface area contributed by atoms with E-state index < -0.39 is 18.4 Å². The fourth-order valence-electron chi connectivity index (χ4n) is 2.92. The Morgan fingerprint density at radius 2 is 1.02 bits per heavy atom. The van der Waals surface area contributed by atoms with Crippen LogP contribution in [0.25, 0.3) is 0 Å². The Hall–Kier alpha value is 0.0864. The Kier molecular flexibility index (Phi) is 41.9. The summed E-state index contributed by atoms with van der Waals surface area (Å²) in [4.78, 5) is 44.8. The van der Waals surface area contributed by atoms with Gasteiger partial charge in [0.2, 0.25) is 0 Å². The largest absolute Gasteiger partial charge is 1.00 e. The number of ether oxygens (including phenoxy) is 3. The first-order chi connectivity index (χ1) is 22.1. The number of unbranched alkanes of at least 4 members (excludes halogenated alkanes) is 4. The predicted octanol–water partition coefficient (Wildman–Crippen LogP) is 6.61. The number of Topliss-reactive ketones (excluding diaryl/α,β-unsaturated/α-hetero) is 1. The number of hydrogen-bond donors (Lipinski definition) is 0. The molecule has 0 aromatic heterocycles. The summed E-state index contributed by atoms with van der Waals surface area (Å²) in [6.07, 6.45) is 6.54. The van der Waals surface area contributed by atoms with Crippen LogP contribution < -0.4 is 56.5 Å². The van der Waals surface area contributed by atoms with Crippen molar-refractivity contribution >= 4 is 39.6 Å². The minimum atomic E-state index is -1.00. The Bertz CT molecular complexity index is 832. The first-order valence-corrected chi connectivity index (χ1v) is 18.4. The molecule has 0 amide bonds. The normalized spacial score (nSPS) is 12.3. The van der Waals surface area contributed by atoms with Gasteiger partial charge in [-0.1, -0.05) is 84.7 Å². The van der Waals surface area contributed by atoms with Gasteiger partial charge in [0.25, 0.3) is 0 Å². The molecule has 0 unspecified atom stereocenters. The van der Waals surface area contributed by atoms with Gasteiger partial charge in [-0.2, -0.15) is 0 Å². The molecule has 2 atom stereocenters. The molecule has 0 bridgehead atoms. The van der Waals surface area contributed by atoms with Crippen molar-refractivity contribution in [3.05, 3.63) is 0 Å². The zero-order valence-corrected chi connectivity index (χ0v) is 39.3. The van der Waals surface area contributed by atoms with E-state index in [2.05, 4.69) is 29.8 Å². The number of halogens is 2. The van der Waals surface area contributed by atoms with E-state index in [1.54, 1.807) is 27.7 Å². The van der Waals surface area contributed by atoms with E-state index in [1.807, 2.05) is 69.2 Å². The maximum atomic E-state index is 11.6. The van der Waals surface area contributed by atoms with Crippen molar-refractivity contribution in [3.8, 4) is 0 Å². The van der Waals surface area contributed by atoms with Gasteiger partial charge in [-0.15, -0.1) is 5.60 Å². The topological polar surface area (TPSA) is 119 Å². The van der Waals surface area contributed by atoms with Gasteiger partial charge in [0, 0.05) is 24.1 Å². The van der Waals surface area contributed by atoms with Crippen molar-refractivity contribution < 1.29 is 95.6 Å². The van der Waals surface area contributed by atoms with E-state index >= 15 is 0 Å². The van der Waals surface area contributed by atoms with Crippen molar-refractivity contribution in [3.63, 3.8) is 0 Å². The second-order valence-corrected chi connectivity index (χ2v) is 16.2. The van der Waals surface area contributed by atoms with Crippen LogP contribution in [0.1, 0.15) is 164 Å². The van der Waals surface area contributed by atoms with Crippen LogP contribution in [-0.2, 0) is 33.4 Å². The van der Waals surface area contributed by atoms with E-state index in [4.69, 9.17) is 15.6 Å². The van der Waals surface area contributed by atoms with Crippen molar-refractivity contribution in [2.24, 2.45) is 23.7 Å². The zero-order valence-electron chi connectivity index (χ0n) is 35.6. The monoisotopic (exact) mass is 797 g/mol. The second kappa shape index (κ2) is 35.1. The second-order valence-electron chi connectivity index (χ2n) is 15.4. The molecule has 11 heteroatoms. The standard InChI is InChI=1S/C16H30O4.C10H19BrO2.C7H14O.C4H9O.CH3F.K/c1-12(2)13(3)15(18)19-11-9-7-8-10-14(17)20-16(4,5)6;1-10(2,3)13-9(12)7-5-4-6-8-11;1-5(2)6(3)7(4)8;1-4(2,3)5;1-2;/h12-13H,7-11H2,1-6H3;4-8H2,1-3H3;5-6H,1-4H3;1-3H3;1H3;/q;;;-1;;+1/t13-;;6-;;;/m0.0.../s1/i;;;;1D;. The first kappa shape index (κ1) is 58.4. The molecule has 0 saturated carbocycles. The Morgan fingerprint density at radius 1 is 0.694 bits per heavy atom. The van der Waals surface area contributed by atoms with Gasteiger partial charge < -0.3 is 19.3 Å². The molecule has 0 rings (SSSR count). The van der Waals surface area contributed by atoms with E-state index in [9.17, 15) is 28.7 Å². The molecule has 0 heterocycles. The maximum absolute atomic E-state index is 11.6. The Labute approximate surface area is 353 Å². The number of esters is 3. The molecule has 49 heavy (non-hydrogen) atoms. The van der Waals surface area contributed by atoms with Crippen LogP contribution in [0.3, 0.4) is 0 Å². The van der Waals surface area contributed by atoms with Crippen molar-refractivity contribution in [2.75, 3.05) is 19.1 Å². The van der Waals surface area contributed by atoms with Crippen LogP contribution in [0.2, 0.25) is 0 Å². The molecule has 0 spiro atoms. The van der Waals surface area contributed by atoms with Gasteiger partial charge in [-0.3, -0.25) is 23.6 Å². The van der Waals surface area contributed by atoms with Gasteiger partial charge in [0.15, 0.2) is 0 Å². The van der Waals surface area contributed by atoms with Gasteiger partial charge in [-0.25, -0.2) is 0 Å². The third kappa shape index (κ3) is 60.5. The summed E-state index contributed by atoms with van der Waals surface area (Å²) < 4.78 is 31.1. The molecule has 0 aliphatic rings. The van der Waals surface area contributed by atoms with Gasteiger partial charge in [0.1, 0.15) is 17.0 Å². The molecule has 0 aliphatic heterocycles. The molecule has 0 N–H and O–H groups in total. The van der Waals surface area contributed by atoms with Crippen LogP contribution in [0, 0.1) is 23.7 Å². The summed E-state index contributed by atoms with van der Waals surface area (Å²) in [6.45, 7) is 30.2. The summed E-state index contributed by atoms with van der Waals surface area (Å²) in [6, 6.07) is 0. The average molecular weight is 799 g/mol. The fourth-order valence-corrected chi connectivity index (χ4v) is 3.32. The number of carbonyl (C=O) groups is 4. The number of ketones is 1. The Balaban J connectivity index is -0.000000138. The van der Waals surface area contributed by atoms with E-state index in [0.29, 0.717) is 37.1 Å². The smallest absolute Gasteiger partial charge is 0.850 e. The quantitative estimate of drug-likeness (QED) is 0.0598. The molecule has 0 saturated heterocycles. The van der Waals surface area contributed by atoms with Gasteiger partial charge in [0.05, 0.1) is 21.0 Å². The summed E-state index contributed by atoms with van der Waals surface area (Å²) in [5, 5.41) is 11.1. The molecule has 0 aromatic rings. The Morgan fingerprint density at radius 3 is 1.27 bits per heavy atom. The molecular formula is C38H75BrFKO8. The van der Waals surface area contributed by atoms with Crippen LogP contribution in [0.15, 0.2) is 0 Å². The zero-order chi connectivity index (χ0) is 40.0. The minimum Gasteiger partial charge on any atom is -0.850 e. The van der Waals surface area contributed by atoms with Gasteiger partial charge >= 0.3 is 69.3 Å². The third-order valence-corrected chi connectivity index (χ3v) is 6.70. The fraction of sp³-hybridized carbons (Fsp3) is 0.895. The molecule has 0 aromatic carbocycles. The molecule has 0 aliphatic carbocycles. The molecule has 0 radical (unpaired) electrons. The van der Waals surface area contributed by atoms with Crippen molar-refractivity contribution in [2.45, 2.75) is 179 Å². The predicted molar refractivity (Wildman–Crippen MR) is 199 cm³/mol. The van der Waals surface area contributed by atoms with E-state index in [-0.39, 0.29) is 86.7 Å². The summed E-state index contributed by atoms with van der Waals surface area (Å²) >= 11 is 3.35. The third-order valence-electron chi connectivity index (χ3n) is 6.14. The maximum Gasteiger partial charge on any atom is 1.00 e. The van der Waals surface area contributed by atoms with Crippen LogP contribution in [0.4, 0.5) is 4.39 Å². The first-order valence-electron chi connectivity index (χ1n) is 18.0. The van der Waals surface area contributed by atoms with E-state index in [0.717, 1.165) is 43.9 Å². The number of hydrogen-bond acceptors (Lipinski definition) is 8. The van der Waals surface area contributed by atoms with Crippen LogP contribution in [0.5, 0.6) is 0 Å². The molecule has 8 nitrogen and oxygen atoms in total. The van der Waals surface area contributed by atoms with Gasteiger partial charge in [-0.05, 0) is 92.4 Å². The molecular weight excluding hydrogens is 722 g/mol. The van der Waals surface area contributed by atoms with Crippen LogP contribution in [-0.4, -0.2) is 59.6 Å². The average Bonchev–Trinajstić information content (AvgIpc) is 2.90. The van der Waals surface area contributed by atoms with Crippen LogP contribution >= 0.6 is 15.9 Å². The van der Waals surface area contributed by atoms with Crippen molar-refractivity contribution in [1.82, 2.24) is 0 Å². The summed E-state index contributed by atoms with van der Waals surface area (Å²) in [7, 11) is -1.00. The SMILES string of the molecule is CC(=O)[C@@H](C)C(C)C.CC(C)(C)OC(=O)CCCCCBr.CC(C)(C)[O-].CC(C)[C@H](C)C(=O)OCCCCCC(=O)OC(C)(C)C.[2H]CF.[K+]. The van der Waals surface area contributed by atoms with E-state index in [1.165, 1.54) is 0 Å². The molecule has 290 valence electrons. The van der Waals surface area contributed by atoms with Crippen molar-refractivity contribution in [1.29, 1.82) is 0 Å². The number of rotatable bonds is 15. The number of alkyl halides is 2. The summed E-state index contributed by atoms with van der Waals surface area (Å²) in [5.41, 5.74) is -1.51. The molecule has 0 fully saturated rings. The number of carbonyl (C=O) groups excluding carboxylic acids is 4. The summed E-state index contributed by atoms with van der Waals surface area (Å²) in [5.74, 6) is 0.881.